The van der Waals surface area contributed by atoms with E-state index in [0.29, 0.717) is 11.7 Å². The molecule has 1 saturated carbocycles. The average Bonchev–Trinajstić information content (AvgIpc) is 3.05. The van der Waals surface area contributed by atoms with Gasteiger partial charge in [0.25, 0.3) is 0 Å². The highest BCUT2D eigenvalue weighted by atomic mass is 79.9. The van der Waals surface area contributed by atoms with Gasteiger partial charge in [-0.1, -0.05) is 12.1 Å². The minimum atomic E-state index is -0.296. The highest BCUT2D eigenvalue weighted by Gasteiger charge is 2.24. The zero-order valence-corrected chi connectivity index (χ0v) is 10.8. The molecule has 90 valence electrons. The summed E-state index contributed by atoms with van der Waals surface area (Å²) in [6, 6.07) is 7.59. The van der Waals surface area contributed by atoms with Gasteiger partial charge >= 0.3 is 0 Å². The first kappa shape index (κ1) is 12.1. The van der Waals surface area contributed by atoms with Crippen molar-refractivity contribution in [2.75, 3.05) is 5.32 Å². The van der Waals surface area contributed by atoms with E-state index in [2.05, 4.69) is 26.6 Å². The number of benzene rings is 1. The molecule has 1 aliphatic rings. The van der Waals surface area contributed by atoms with Crippen LogP contribution in [-0.2, 0) is 9.59 Å². The molecule has 1 aromatic rings. The molecule has 0 heterocycles. The van der Waals surface area contributed by atoms with Gasteiger partial charge in [0.1, 0.15) is 6.42 Å². The van der Waals surface area contributed by atoms with Crippen LogP contribution in [0.25, 0.3) is 0 Å². The summed E-state index contributed by atoms with van der Waals surface area (Å²) in [6.45, 7) is 0. The maximum absolute atomic E-state index is 11.6. The average molecular weight is 297 g/mol. The molecule has 0 radical (unpaired) electrons. The molecule has 5 heteroatoms. The molecule has 1 aliphatic carbocycles. The number of nitrogens with one attached hydrogen (secondary N) is 2. The predicted octanol–water partition coefficient (Wildman–Crippen LogP) is 2.06. The standard InChI is InChI=1S/C12H13BrN2O2/c13-9-3-1-2-4-10(9)15-12(17)7-11(16)14-8-5-6-8/h1-4,8H,5-7H2,(H,14,16)(H,15,17). The van der Waals surface area contributed by atoms with Crippen LogP contribution >= 0.6 is 15.9 Å². The second kappa shape index (κ2) is 5.31. The molecule has 0 spiro atoms. The van der Waals surface area contributed by atoms with E-state index in [1.165, 1.54) is 0 Å². The van der Waals surface area contributed by atoms with E-state index in [9.17, 15) is 9.59 Å². The topological polar surface area (TPSA) is 58.2 Å². The second-order valence-electron chi connectivity index (χ2n) is 4.05. The van der Waals surface area contributed by atoms with Crippen molar-refractivity contribution in [2.24, 2.45) is 0 Å². The minimum Gasteiger partial charge on any atom is -0.353 e. The van der Waals surface area contributed by atoms with Gasteiger partial charge in [0.15, 0.2) is 0 Å². The normalized spacial score (nSPS) is 14.2. The van der Waals surface area contributed by atoms with Crippen molar-refractivity contribution in [3.63, 3.8) is 0 Å². The first-order valence-electron chi connectivity index (χ1n) is 5.49. The fraction of sp³-hybridized carbons (Fsp3) is 0.333. The summed E-state index contributed by atoms with van der Waals surface area (Å²) < 4.78 is 0.802. The Morgan fingerprint density at radius 2 is 1.94 bits per heavy atom. The summed E-state index contributed by atoms with van der Waals surface area (Å²) in [6.07, 6.45) is 1.92. The van der Waals surface area contributed by atoms with Crippen LogP contribution in [0.3, 0.4) is 0 Å². The van der Waals surface area contributed by atoms with Crippen molar-refractivity contribution in [2.45, 2.75) is 25.3 Å². The third kappa shape index (κ3) is 3.85. The Balaban J connectivity index is 1.84. The maximum Gasteiger partial charge on any atom is 0.233 e. The number of halogens is 1. The smallest absolute Gasteiger partial charge is 0.233 e. The van der Waals surface area contributed by atoms with E-state index in [-0.39, 0.29) is 18.2 Å². The molecule has 17 heavy (non-hydrogen) atoms. The lowest BCUT2D eigenvalue weighted by molar-refractivity contribution is -0.126. The molecule has 2 amide bonds. The van der Waals surface area contributed by atoms with E-state index in [1.54, 1.807) is 6.07 Å². The molecule has 0 aliphatic heterocycles. The Hall–Kier alpha value is -1.36. The molecule has 0 bridgehead atoms. The summed E-state index contributed by atoms with van der Waals surface area (Å²) in [5.41, 5.74) is 0.678. The third-order valence-corrected chi connectivity index (χ3v) is 3.10. The SMILES string of the molecule is O=C(CC(=O)NC1CC1)Nc1ccccc1Br. The van der Waals surface area contributed by atoms with E-state index < -0.39 is 0 Å². The van der Waals surface area contributed by atoms with Crippen LogP contribution in [0.15, 0.2) is 28.7 Å². The highest BCUT2D eigenvalue weighted by Crippen LogP contribution is 2.21. The number of amides is 2. The summed E-state index contributed by atoms with van der Waals surface area (Å²) in [4.78, 5) is 23.0. The Morgan fingerprint density at radius 1 is 1.24 bits per heavy atom. The van der Waals surface area contributed by atoms with Crippen LogP contribution in [-0.4, -0.2) is 17.9 Å². The Bertz CT molecular complexity index is 444. The van der Waals surface area contributed by atoms with Gasteiger partial charge in [0, 0.05) is 10.5 Å². The van der Waals surface area contributed by atoms with Gasteiger partial charge in [-0.2, -0.15) is 0 Å². The molecule has 2 N–H and O–H groups in total. The Morgan fingerprint density at radius 3 is 2.59 bits per heavy atom. The molecular formula is C12H13BrN2O2. The van der Waals surface area contributed by atoms with Crippen molar-refractivity contribution < 1.29 is 9.59 Å². The van der Waals surface area contributed by atoms with Gasteiger partial charge in [0.2, 0.25) is 11.8 Å². The number of para-hydroxylation sites is 1. The highest BCUT2D eigenvalue weighted by molar-refractivity contribution is 9.10. The Kier molecular flexibility index (Phi) is 3.78. The lowest BCUT2D eigenvalue weighted by Crippen LogP contribution is -2.29. The monoisotopic (exact) mass is 296 g/mol. The molecular weight excluding hydrogens is 284 g/mol. The molecule has 0 aromatic heterocycles. The van der Waals surface area contributed by atoms with E-state index in [1.807, 2.05) is 18.2 Å². The van der Waals surface area contributed by atoms with Gasteiger partial charge in [0.05, 0.1) is 5.69 Å². The lowest BCUT2D eigenvalue weighted by atomic mass is 10.3. The van der Waals surface area contributed by atoms with E-state index in [4.69, 9.17) is 0 Å². The van der Waals surface area contributed by atoms with Gasteiger partial charge in [-0.3, -0.25) is 9.59 Å². The van der Waals surface area contributed by atoms with Crippen LogP contribution in [0.4, 0.5) is 5.69 Å². The first-order valence-corrected chi connectivity index (χ1v) is 6.28. The van der Waals surface area contributed by atoms with Crippen molar-refractivity contribution in [3.05, 3.63) is 28.7 Å². The zero-order valence-electron chi connectivity index (χ0n) is 9.20. The van der Waals surface area contributed by atoms with Crippen LogP contribution in [0.5, 0.6) is 0 Å². The fourth-order valence-corrected chi connectivity index (χ4v) is 1.79. The number of hydrogen-bond acceptors (Lipinski definition) is 2. The van der Waals surface area contributed by atoms with Crippen molar-refractivity contribution >= 4 is 33.4 Å². The number of anilines is 1. The van der Waals surface area contributed by atoms with Crippen LogP contribution in [0.1, 0.15) is 19.3 Å². The molecule has 0 atom stereocenters. The number of carbonyl (C=O) groups excluding carboxylic acids is 2. The third-order valence-electron chi connectivity index (χ3n) is 2.41. The molecule has 0 saturated heterocycles. The predicted molar refractivity (Wildman–Crippen MR) is 68.6 cm³/mol. The van der Waals surface area contributed by atoms with Gasteiger partial charge in [-0.25, -0.2) is 0 Å². The van der Waals surface area contributed by atoms with Crippen LogP contribution in [0, 0.1) is 0 Å². The quantitative estimate of drug-likeness (QED) is 0.836. The van der Waals surface area contributed by atoms with Crippen LogP contribution < -0.4 is 10.6 Å². The molecule has 1 fully saturated rings. The number of hydrogen-bond donors (Lipinski definition) is 2. The van der Waals surface area contributed by atoms with Gasteiger partial charge < -0.3 is 10.6 Å². The van der Waals surface area contributed by atoms with Gasteiger partial charge in [-0.05, 0) is 40.9 Å². The number of carbonyl (C=O) groups is 2. The molecule has 4 nitrogen and oxygen atoms in total. The second-order valence-corrected chi connectivity index (χ2v) is 4.90. The summed E-state index contributed by atoms with van der Waals surface area (Å²) in [7, 11) is 0. The molecule has 2 rings (SSSR count). The first-order chi connectivity index (χ1) is 8.15. The van der Waals surface area contributed by atoms with Crippen LogP contribution in [0.2, 0.25) is 0 Å². The van der Waals surface area contributed by atoms with E-state index in [0.717, 1.165) is 17.3 Å². The Labute approximate surface area is 108 Å². The number of rotatable bonds is 4. The minimum absolute atomic E-state index is 0.127. The van der Waals surface area contributed by atoms with Crippen molar-refractivity contribution in [1.82, 2.24) is 5.32 Å². The molecule has 0 unspecified atom stereocenters. The largest absolute Gasteiger partial charge is 0.353 e. The van der Waals surface area contributed by atoms with Gasteiger partial charge in [-0.15, -0.1) is 0 Å². The fourth-order valence-electron chi connectivity index (χ4n) is 1.41. The van der Waals surface area contributed by atoms with Crippen molar-refractivity contribution in [3.8, 4) is 0 Å². The molecule has 1 aromatic carbocycles. The lowest BCUT2D eigenvalue weighted by Gasteiger charge is -2.07. The zero-order chi connectivity index (χ0) is 12.3. The van der Waals surface area contributed by atoms with Crippen molar-refractivity contribution in [1.29, 1.82) is 0 Å². The summed E-state index contributed by atoms with van der Waals surface area (Å²) in [5, 5.41) is 5.46. The summed E-state index contributed by atoms with van der Waals surface area (Å²) in [5.74, 6) is -0.507. The maximum atomic E-state index is 11.6. The van der Waals surface area contributed by atoms with E-state index >= 15 is 0 Å². The summed E-state index contributed by atoms with van der Waals surface area (Å²) >= 11 is 3.33.